The van der Waals surface area contributed by atoms with Crippen molar-refractivity contribution in [3.8, 4) is 0 Å². The van der Waals surface area contributed by atoms with Crippen molar-refractivity contribution in [1.29, 1.82) is 0 Å². The van der Waals surface area contributed by atoms with Crippen molar-refractivity contribution in [3.63, 3.8) is 0 Å². The van der Waals surface area contributed by atoms with Crippen LogP contribution in [0.4, 0.5) is 14.6 Å². The maximum atomic E-state index is 14.4. The van der Waals surface area contributed by atoms with Gasteiger partial charge in [0, 0.05) is 17.8 Å². The fourth-order valence-electron chi connectivity index (χ4n) is 4.94. The predicted molar refractivity (Wildman–Crippen MR) is 116 cm³/mol. The summed E-state index contributed by atoms with van der Waals surface area (Å²) < 4.78 is 60.6. The molecular weight excluding hydrogens is 456 g/mol. The molecule has 0 amide bonds. The number of nitrogens with one attached hydrogen (secondary N) is 2. The number of aliphatic hydroxyl groups excluding tert-OH is 1. The molecule has 12 heteroatoms. The second-order valence-corrected chi connectivity index (χ2v) is 9.85. The molecule has 2 aliphatic carbocycles. The average Bonchev–Trinajstić information content (AvgIpc) is 3.49. The number of aromatic nitrogens is 3. The molecule has 2 heterocycles. The van der Waals surface area contributed by atoms with Gasteiger partial charge in [-0.15, -0.1) is 0 Å². The number of nitrogens with zero attached hydrogens (tertiary/aromatic N) is 3. The van der Waals surface area contributed by atoms with Gasteiger partial charge in [0.05, 0.1) is 30.7 Å². The Balaban J connectivity index is 1.41. The molecule has 2 aromatic heterocycles. The zero-order chi connectivity index (χ0) is 23.3. The van der Waals surface area contributed by atoms with Gasteiger partial charge in [0.25, 0.3) is 0 Å². The van der Waals surface area contributed by atoms with Crippen LogP contribution in [0.15, 0.2) is 30.7 Å². The van der Waals surface area contributed by atoms with Crippen molar-refractivity contribution in [1.82, 2.24) is 19.3 Å². The smallest absolute Gasteiger partial charge is 0.335 e. The average molecular weight is 480 g/mol. The minimum Gasteiger partial charge on any atom is -0.391 e. The fourth-order valence-corrected chi connectivity index (χ4v) is 5.66. The molecule has 1 saturated carbocycles. The number of fused-ring (bicyclic) bond motifs is 2. The van der Waals surface area contributed by atoms with Crippen LogP contribution in [0.25, 0.3) is 11.0 Å². The Kier molecular flexibility index (Phi) is 5.55. The van der Waals surface area contributed by atoms with Crippen LogP contribution in [0.1, 0.15) is 42.5 Å². The Morgan fingerprint density at radius 3 is 2.76 bits per heavy atom. The Morgan fingerprint density at radius 2 is 1.97 bits per heavy atom. The molecular formula is C21H23F2N5O4S. The minimum absolute atomic E-state index is 0.205. The summed E-state index contributed by atoms with van der Waals surface area (Å²) in [6.07, 6.45) is 3.95. The molecule has 0 bridgehead atoms. The topological polar surface area (TPSA) is 118 Å². The second-order valence-electron chi connectivity index (χ2n) is 8.38. The standard InChI is InChI=1S/C21H23F2N5O4S/c1-32-33(30,31)27-17-8-11(9-18(17)29)28-7-6-13-20(24-10-25-21(13)28)26-16-5-2-12-14(22)3-4-15(23)19(12)16/h3-4,6-7,10-11,16-18,27,29H,2,5,8-9H2,1H3,(H,24,25,26)/t11-,16-,17+,18+/m0/s1. The maximum absolute atomic E-state index is 14.4. The molecule has 0 radical (unpaired) electrons. The lowest BCUT2D eigenvalue weighted by molar-refractivity contribution is 0.154. The molecule has 33 heavy (non-hydrogen) atoms. The number of aliphatic hydroxyl groups is 1. The normalized spacial score (nSPS) is 25.0. The molecule has 0 saturated heterocycles. The molecule has 9 nitrogen and oxygen atoms in total. The Labute approximate surface area is 189 Å². The van der Waals surface area contributed by atoms with Crippen molar-refractivity contribution in [3.05, 3.63) is 53.5 Å². The van der Waals surface area contributed by atoms with Crippen LogP contribution in [0.2, 0.25) is 0 Å². The van der Waals surface area contributed by atoms with Crippen molar-refractivity contribution < 1.29 is 26.5 Å². The van der Waals surface area contributed by atoms with Gasteiger partial charge < -0.3 is 15.0 Å². The van der Waals surface area contributed by atoms with E-state index in [0.29, 0.717) is 53.7 Å². The maximum Gasteiger partial charge on any atom is 0.335 e. The molecule has 0 unspecified atom stereocenters. The van der Waals surface area contributed by atoms with E-state index in [2.05, 4.69) is 24.2 Å². The van der Waals surface area contributed by atoms with Crippen LogP contribution < -0.4 is 10.0 Å². The highest BCUT2D eigenvalue weighted by Gasteiger charge is 2.37. The highest BCUT2D eigenvalue weighted by molar-refractivity contribution is 7.84. The first kappa shape index (κ1) is 22.1. The van der Waals surface area contributed by atoms with E-state index in [1.165, 1.54) is 6.33 Å². The second kappa shape index (κ2) is 8.28. The number of rotatable bonds is 6. The summed E-state index contributed by atoms with van der Waals surface area (Å²) in [7, 11) is -2.88. The predicted octanol–water partition coefficient (Wildman–Crippen LogP) is 2.35. The van der Waals surface area contributed by atoms with E-state index in [0.717, 1.165) is 19.2 Å². The minimum atomic E-state index is -3.93. The first-order valence-electron chi connectivity index (χ1n) is 10.6. The monoisotopic (exact) mass is 479 g/mol. The van der Waals surface area contributed by atoms with Crippen LogP contribution in [0, 0.1) is 11.6 Å². The van der Waals surface area contributed by atoms with Crippen molar-refractivity contribution in [2.75, 3.05) is 12.4 Å². The third-order valence-electron chi connectivity index (χ3n) is 6.51. The highest BCUT2D eigenvalue weighted by Crippen LogP contribution is 2.39. The molecule has 5 rings (SSSR count). The molecule has 3 aromatic rings. The van der Waals surface area contributed by atoms with Gasteiger partial charge in [-0.1, -0.05) is 0 Å². The summed E-state index contributed by atoms with van der Waals surface area (Å²) in [5, 5.41) is 14.3. The summed E-state index contributed by atoms with van der Waals surface area (Å²) >= 11 is 0. The van der Waals surface area contributed by atoms with E-state index in [1.807, 2.05) is 10.6 Å². The Bertz CT molecular complexity index is 1320. The summed E-state index contributed by atoms with van der Waals surface area (Å²) in [5.74, 6) is -0.364. The number of anilines is 1. The summed E-state index contributed by atoms with van der Waals surface area (Å²) in [6.45, 7) is 0. The zero-order valence-corrected chi connectivity index (χ0v) is 18.5. The van der Waals surface area contributed by atoms with E-state index in [9.17, 15) is 22.3 Å². The summed E-state index contributed by atoms with van der Waals surface area (Å²) in [5.41, 5.74) is 1.31. The number of benzene rings is 1. The van der Waals surface area contributed by atoms with Crippen LogP contribution >= 0.6 is 0 Å². The van der Waals surface area contributed by atoms with Crippen LogP contribution in [-0.2, 0) is 20.9 Å². The number of halogens is 2. The van der Waals surface area contributed by atoms with Gasteiger partial charge in [0.1, 0.15) is 29.4 Å². The first-order valence-corrected chi connectivity index (χ1v) is 12.0. The van der Waals surface area contributed by atoms with Crippen LogP contribution in [-0.4, -0.2) is 47.3 Å². The third kappa shape index (κ3) is 3.97. The molecule has 1 aromatic carbocycles. The molecule has 3 N–H and O–H groups in total. The van der Waals surface area contributed by atoms with Gasteiger partial charge in [-0.05, 0) is 49.4 Å². The Morgan fingerprint density at radius 1 is 1.18 bits per heavy atom. The fraction of sp³-hybridized carbons (Fsp3) is 0.429. The lowest BCUT2D eigenvalue weighted by atomic mass is 10.1. The van der Waals surface area contributed by atoms with Crippen molar-refractivity contribution in [2.24, 2.45) is 0 Å². The van der Waals surface area contributed by atoms with Gasteiger partial charge in [-0.25, -0.2) is 18.7 Å². The van der Waals surface area contributed by atoms with Gasteiger partial charge >= 0.3 is 10.3 Å². The summed E-state index contributed by atoms with van der Waals surface area (Å²) in [6, 6.07) is 2.79. The van der Waals surface area contributed by atoms with Crippen molar-refractivity contribution in [2.45, 2.75) is 49.9 Å². The summed E-state index contributed by atoms with van der Waals surface area (Å²) in [4.78, 5) is 8.69. The Hall–Kier alpha value is -2.67. The lowest BCUT2D eigenvalue weighted by Crippen LogP contribution is -2.40. The SMILES string of the molecule is COS(=O)(=O)N[C@@H]1C[C@H](n2ccc3c(N[C@H]4CCc5c(F)ccc(F)c54)ncnc32)C[C@H]1O. The van der Waals surface area contributed by atoms with Crippen LogP contribution in [0.5, 0.6) is 0 Å². The molecule has 176 valence electrons. The third-order valence-corrected chi connectivity index (χ3v) is 7.54. The number of hydrogen-bond acceptors (Lipinski definition) is 7. The van der Waals surface area contributed by atoms with Gasteiger partial charge in [0.15, 0.2) is 0 Å². The lowest BCUT2D eigenvalue weighted by Gasteiger charge is -2.17. The quantitative estimate of drug-likeness (QED) is 0.497. The van der Waals surface area contributed by atoms with Gasteiger partial charge in [-0.3, -0.25) is 4.18 Å². The number of hydrogen-bond donors (Lipinski definition) is 3. The molecule has 4 atom stereocenters. The molecule has 0 aliphatic heterocycles. The van der Waals surface area contributed by atoms with E-state index < -0.39 is 40.1 Å². The molecule has 0 spiro atoms. The van der Waals surface area contributed by atoms with Crippen molar-refractivity contribution >= 4 is 27.2 Å². The van der Waals surface area contributed by atoms with Crippen LogP contribution in [0.3, 0.4) is 0 Å². The van der Waals surface area contributed by atoms with E-state index in [-0.39, 0.29) is 6.04 Å². The van der Waals surface area contributed by atoms with Gasteiger partial charge in [-0.2, -0.15) is 13.1 Å². The first-order chi connectivity index (χ1) is 15.8. The highest BCUT2D eigenvalue weighted by atomic mass is 32.2. The van der Waals surface area contributed by atoms with E-state index in [1.54, 1.807) is 6.20 Å². The van der Waals surface area contributed by atoms with E-state index >= 15 is 0 Å². The zero-order valence-electron chi connectivity index (χ0n) is 17.7. The van der Waals surface area contributed by atoms with E-state index in [4.69, 9.17) is 0 Å². The van der Waals surface area contributed by atoms with Gasteiger partial charge in [0.2, 0.25) is 0 Å². The largest absolute Gasteiger partial charge is 0.391 e. The molecule has 2 aliphatic rings. The molecule has 1 fully saturated rings.